The topological polar surface area (TPSA) is 54.0 Å². The monoisotopic (exact) mass is 423 g/mol. The van der Waals surface area contributed by atoms with E-state index in [4.69, 9.17) is 9.47 Å². The molecule has 1 N–H and O–H groups in total. The lowest BCUT2D eigenvalue weighted by atomic mass is 10.1. The average Bonchev–Trinajstić information content (AvgIpc) is 2.97. The maximum absolute atomic E-state index is 12.2. The number of carbonyl (C=O) groups is 1. The molecule has 1 unspecified atom stereocenters. The van der Waals surface area contributed by atoms with Gasteiger partial charge in [0.25, 0.3) is 0 Å². The molecule has 4 rings (SSSR count). The number of benzene rings is 2. The van der Waals surface area contributed by atoms with Crippen molar-refractivity contribution in [2.75, 3.05) is 32.8 Å². The highest BCUT2D eigenvalue weighted by atomic mass is 16.5. The minimum atomic E-state index is -0.0417. The zero-order valence-corrected chi connectivity index (χ0v) is 18.6. The Morgan fingerprint density at radius 1 is 1.06 bits per heavy atom. The number of ether oxygens (including phenoxy) is 2. The van der Waals surface area contributed by atoms with Gasteiger partial charge in [-0.3, -0.25) is 14.6 Å². The number of rotatable bonds is 7. The Labute approximate surface area is 185 Å². The van der Waals surface area contributed by atoms with Crippen molar-refractivity contribution in [1.82, 2.24) is 15.1 Å². The summed E-state index contributed by atoms with van der Waals surface area (Å²) in [5, 5.41) is 2.98. The van der Waals surface area contributed by atoms with Crippen molar-refractivity contribution in [2.24, 2.45) is 0 Å². The van der Waals surface area contributed by atoms with E-state index in [-0.39, 0.29) is 11.9 Å². The molecule has 0 spiro atoms. The average molecular weight is 424 g/mol. The van der Waals surface area contributed by atoms with Crippen molar-refractivity contribution in [1.29, 1.82) is 0 Å². The Morgan fingerprint density at radius 2 is 1.87 bits per heavy atom. The third kappa shape index (κ3) is 5.38. The van der Waals surface area contributed by atoms with Gasteiger partial charge >= 0.3 is 0 Å². The summed E-state index contributed by atoms with van der Waals surface area (Å²) in [4.78, 5) is 16.9. The van der Waals surface area contributed by atoms with Crippen LogP contribution in [0.2, 0.25) is 0 Å². The lowest BCUT2D eigenvalue weighted by molar-refractivity contribution is -0.129. The normalized spacial score (nSPS) is 19.8. The van der Waals surface area contributed by atoms with Crippen LogP contribution in [0.4, 0.5) is 0 Å². The van der Waals surface area contributed by atoms with Gasteiger partial charge in [0.15, 0.2) is 0 Å². The van der Waals surface area contributed by atoms with E-state index in [0.717, 1.165) is 57.2 Å². The Balaban J connectivity index is 1.44. The second kappa shape index (κ2) is 10.2. The van der Waals surface area contributed by atoms with Crippen molar-refractivity contribution in [3.05, 3.63) is 59.2 Å². The van der Waals surface area contributed by atoms with E-state index in [1.165, 1.54) is 16.7 Å². The number of hydrogen-bond donors (Lipinski definition) is 1. The van der Waals surface area contributed by atoms with Crippen molar-refractivity contribution in [2.45, 2.75) is 45.9 Å². The summed E-state index contributed by atoms with van der Waals surface area (Å²) in [5.74, 6) is 2.03. The summed E-state index contributed by atoms with van der Waals surface area (Å²) in [7, 11) is 0. The molecule has 0 saturated carbocycles. The van der Waals surface area contributed by atoms with Crippen LogP contribution in [0.3, 0.4) is 0 Å². The smallest absolute Gasteiger partial charge is 0.237 e. The molecule has 2 aliphatic rings. The van der Waals surface area contributed by atoms with E-state index in [9.17, 15) is 4.79 Å². The van der Waals surface area contributed by atoms with E-state index in [1.807, 2.05) is 19.1 Å². The predicted molar refractivity (Wildman–Crippen MR) is 121 cm³/mol. The largest absolute Gasteiger partial charge is 0.494 e. The van der Waals surface area contributed by atoms with Gasteiger partial charge in [0.1, 0.15) is 18.1 Å². The SMILES string of the molecule is CCOc1ccc(CN2CCOc3ccc(CN4CCNC(=O)C4CC)cc3C2)cc1. The van der Waals surface area contributed by atoms with E-state index in [2.05, 4.69) is 52.4 Å². The van der Waals surface area contributed by atoms with E-state index < -0.39 is 0 Å². The van der Waals surface area contributed by atoms with E-state index >= 15 is 0 Å². The molecule has 1 atom stereocenters. The molecule has 0 aromatic heterocycles. The standard InChI is InChI=1S/C25H33N3O3/c1-3-23-25(29)26-11-12-28(23)17-20-7-10-24-21(15-20)18-27(13-14-31-24)16-19-5-8-22(9-6-19)30-4-2/h5-10,15,23H,3-4,11-14,16-18H2,1-2H3,(H,26,29). The minimum absolute atomic E-state index is 0.0417. The first-order valence-electron chi connectivity index (χ1n) is 11.4. The maximum atomic E-state index is 12.2. The molecule has 1 amide bonds. The van der Waals surface area contributed by atoms with Gasteiger partial charge in [-0.1, -0.05) is 25.1 Å². The number of amides is 1. The summed E-state index contributed by atoms with van der Waals surface area (Å²) in [5.41, 5.74) is 3.72. The summed E-state index contributed by atoms with van der Waals surface area (Å²) < 4.78 is 11.6. The fourth-order valence-electron chi connectivity index (χ4n) is 4.48. The quantitative estimate of drug-likeness (QED) is 0.741. The summed E-state index contributed by atoms with van der Waals surface area (Å²) in [6, 6.07) is 14.8. The van der Waals surface area contributed by atoms with Gasteiger partial charge in [-0.25, -0.2) is 0 Å². The molecule has 6 nitrogen and oxygen atoms in total. The molecule has 1 saturated heterocycles. The third-order valence-corrected chi connectivity index (χ3v) is 6.04. The molecule has 31 heavy (non-hydrogen) atoms. The molecule has 6 heteroatoms. The lowest BCUT2D eigenvalue weighted by Gasteiger charge is -2.34. The highest BCUT2D eigenvalue weighted by Crippen LogP contribution is 2.27. The van der Waals surface area contributed by atoms with Crippen LogP contribution in [0.15, 0.2) is 42.5 Å². The van der Waals surface area contributed by atoms with Crippen LogP contribution in [-0.4, -0.2) is 54.6 Å². The van der Waals surface area contributed by atoms with Crippen LogP contribution < -0.4 is 14.8 Å². The number of hydrogen-bond acceptors (Lipinski definition) is 5. The molecular formula is C25H33N3O3. The fraction of sp³-hybridized carbons (Fsp3) is 0.480. The second-order valence-corrected chi connectivity index (χ2v) is 8.26. The van der Waals surface area contributed by atoms with Crippen LogP contribution >= 0.6 is 0 Å². The van der Waals surface area contributed by atoms with Gasteiger partial charge in [0, 0.05) is 44.8 Å². The summed E-state index contributed by atoms with van der Waals surface area (Å²) >= 11 is 0. The summed E-state index contributed by atoms with van der Waals surface area (Å²) in [6.45, 7) is 10.5. The Morgan fingerprint density at radius 3 is 2.65 bits per heavy atom. The van der Waals surface area contributed by atoms with Crippen molar-refractivity contribution >= 4 is 5.91 Å². The molecule has 2 heterocycles. The predicted octanol–water partition coefficient (Wildman–Crippen LogP) is 3.19. The van der Waals surface area contributed by atoms with E-state index in [1.54, 1.807) is 0 Å². The van der Waals surface area contributed by atoms with Gasteiger partial charge in [-0.2, -0.15) is 0 Å². The van der Waals surface area contributed by atoms with Gasteiger partial charge in [0.2, 0.25) is 5.91 Å². The molecule has 0 radical (unpaired) electrons. The molecule has 166 valence electrons. The first kappa shape index (κ1) is 21.7. The fourth-order valence-corrected chi connectivity index (χ4v) is 4.48. The minimum Gasteiger partial charge on any atom is -0.494 e. The van der Waals surface area contributed by atoms with E-state index in [0.29, 0.717) is 13.2 Å². The first-order valence-corrected chi connectivity index (χ1v) is 11.4. The molecule has 1 fully saturated rings. The van der Waals surface area contributed by atoms with Crippen molar-refractivity contribution in [3.63, 3.8) is 0 Å². The number of fused-ring (bicyclic) bond motifs is 1. The maximum Gasteiger partial charge on any atom is 0.237 e. The highest BCUT2D eigenvalue weighted by molar-refractivity contribution is 5.82. The first-order chi connectivity index (χ1) is 15.2. The second-order valence-electron chi connectivity index (χ2n) is 8.26. The van der Waals surface area contributed by atoms with Gasteiger partial charge in [-0.15, -0.1) is 0 Å². The number of piperazine rings is 1. The Bertz CT molecular complexity index is 884. The van der Waals surface area contributed by atoms with Crippen LogP contribution in [0.25, 0.3) is 0 Å². The molecule has 2 aromatic rings. The van der Waals surface area contributed by atoms with Crippen LogP contribution in [0, 0.1) is 0 Å². The number of nitrogens with zero attached hydrogens (tertiary/aromatic N) is 2. The van der Waals surface area contributed by atoms with Crippen LogP contribution in [0.1, 0.15) is 37.0 Å². The van der Waals surface area contributed by atoms with Crippen molar-refractivity contribution < 1.29 is 14.3 Å². The van der Waals surface area contributed by atoms with Gasteiger partial charge < -0.3 is 14.8 Å². The van der Waals surface area contributed by atoms with Crippen LogP contribution in [0.5, 0.6) is 11.5 Å². The Kier molecular flexibility index (Phi) is 7.10. The van der Waals surface area contributed by atoms with Gasteiger partial charge in [0.05, 0.1) is 12.6 Å². The zero-order valence-electron chi connectivity index (χ0n) is 18.6. The van der Waals surface area contributed by atoms with Gasteiger partial charge in [-0.05, 0) is 48.7 Å². The molecule has 0 bridgehead atoms. The lowest BCUT2D eigenvalue weighted by Crippen LogP contribution is -2.54. The van der Waals surface area contributed by atoms with Crippen LogP contribution in [-0.2, 0) is 24.4 Å². The number of nitrogens with one attached hydrogen (secondary N) is 1. The third-order valence-electron chi connectivity index (χ3n) is 6.04. The number of carbonyl (C=O) groups excluding carboxylic acids is 1. The molecule has 0 aliphatic carbocycles. The Hall–Kier alpha value is -2.57. The molecular weight excluding hydrogens is 390 g/mol. The van der Waals surface area contributed by atoms with Crippen molar-refractivity contribution in [3.8, 4) is 11.5 Å². The molecule has 2 aliphatic heterocycles. The zero-order chi connectivity index (χ0) is 21.6. The summed E-state index contributed by atoms with van der Waals surface area (Å²) in [6.07, 6.45) is 0.829. The highest BCUT2D eigenvalue weighted by Gasteiger charge is 2.28. The molecule has 2 aromatic carbocycles.